The van der Waals surface area contributed by atoms with Crippen LogP contribution in [0.5, 0.6) is 0 Å². The van der Waals surface area contributed by atoms with Crippen LogP contribution in [0.4, 0.5) is 0 Å². The number of aromatic nitrogens is 2. The largest absolute Gasteiger partial charge is 0.387 e. The third-order valence-electron chi connectivity index (χ3n) is 5.10. The fraction of sp³-hybridized carbons (Fsp3) is 0.300. The van der Waals surface area contributed by atoms with E-state index in [4.69, 9.17) is 14.5 Å². The van der Waals surface area contributed by atoms with Gasteiger partial charge in [0.15, 0.2) is 6.23 Å². The Balaban J connectivity index is 1.58. The highest BCUT2D eigenvalue weighted by Gasteiger charge is 2.44. The summed E-state index contributed by atoms with van der Waals surface area (Å²) in [6.45, 7) is -0.355. The molecule has 170 valence electrons. The molecule has 1 aromatic carbocycles. The molecule has 10 nitrogen and oxygen atoms in total. The van der Waals surface area contributed by atoms with Gasteiger partial charge >= 0.3 is 14.3 Å². The minimum atomic E-state index is -2.66. The fourth-order valence-corrected chi connectivity index (χ4v) is 4.77. The maximum atomic E-state index is 13.0. The Hall–Kier alpha value is -2.21. The minimum Gasteiger partial charge on any atom is -0.387 e. The lowest BCUT2D eigenvalue weighted by atomic mass is 10.1. The monoisotopic (exact) mass is 480 g/mol. The highest BCUT2D eigenvalue weighted by molar-refractivity contribution is 7.39. The highest BCUT2D eigenvalue weighted by Crippen LogP contribution is 2.32. The second kappa shape index (κ2) is 9.74. The van der Waals surface area contributed by atoms with E-state index in [9.17, 15) is 19.8 Å². The number of hydrogen-bond acceptors (Lipinski definition) is 9. The molecule has 0 radical (unpaired) electrons. The van der Waals surface area contributed by atoms with Crippen LogP contribution in [0.25, 0.3) is 10.4 Å². The minimum absolute atomic E-state index is 0.0350. The van der Waals surface area contributed by atoms with E-state index in [1.807, 2.05) is 42.5 Å². The van der Waals surface area contributed by atoms with E-state index < -0.39 is 44.4 Å². The molecule has 4 unspecified atom stereocenters. The number of rotatable bonds is 7. The highest BCUT2D eigenvalue weighted by atomic mass is 32.1. The van der Waals surface area contributed by atoms with Gasteiger partial charge in [0, 0.05) is 22.0 Å². The van der Waals surface area contributed by atoms with Gasteiger partial charge in [-0.2, -0.15) is 0 Å². The average molecular weight is 480 g/mol. The molecule has 1 saturated heterocycles. The molecular formula is C20H21N2O8PS. The molecule has 4 rings (SSSR count). The Morgan fingerprint density at radius 2 is 1.78 bits per heavy atom. The molecule has 4 N–H and O–H groups in total. The van der Waals surface area contributed by atoms with Crippen LogP contribution >= 0.6 is 19.9 Å². The van der Waals surface area contributed by atoms with Gasteiger partial charge in [-0.05, 0) is 17.7 Å². The lowest BCUT2D eigenvalue weighted by Crippen LogP contribution is -2.43. The first-order chi connectivity index (χ1) is 15.3. The number of ether oxygens (including phenoxy) is 1. The van der Waals surface area contributed by atoms with Gasteiger partial charge < -0.3 is 29.3 Å². The molecule has 3 heterocycles. The summed E-state index contributed by atoms with van der Waals surface area (Å²) in [6.07, 6.45) is -4.07. The molecule has 12 heteroatoms. The van der Waals surface area contributed by atoms with Gasteiger partial charge in [-0.25, -0.2) is 4.79 Å². The molecule has 3 aromatic rings. The van der Waals surface area contributed by atoms with Crippen molar-refractivity contribution in [1.82, 2.24) is 9.13 Å². The van der Waals surface area contributed by atoms with Crippen molar-refractivity contribution < 1.29 is 29.3 Å². The fourth-order valence-electron chi connectivity index (χ4n) is 3.48. The molecule has 0 amide bonds. The van der Waals surface area contributed by atoms with Crippen molar-refractivity contribution >= 4 is 19.9 Å². The Bertz CT molecular complexity index is 1180. The Kier molecular flexibility index (Phi) is 6.99. The van der Waals surface area contributed by atoms with Crippen LogP contribution in [0.1, 0.15) is 11.1 Å². The Labute approximate surface area is 187 Å². The van der Waals surface area contributed by atoms with Crippen molar-refractivity contribution in [2.24, 2.45) is 0 Å². The van der Waals surface area contributed by atoms with Crippen LogP contribution in [-0.2, 0) is 15.8 Å². The maximum absolute atomic E-state index is 13.0. The van der Waals surface area contributed by atoms with Crippen molar-refractivity contribution in [2.45, 2.75) is 31.1 Å². The summed E-state index contributed by atoms with van der Waals surface area (Å²) in [4.78, 5) is 45.0. The van der Waals surface area contributed by atoms with E-state index in [0.29, 0.717) is 0 Å². The molecule has 32 heavy (non-hydrogen) atoms. The van der Waals surface area contributed by atoms with Gasteiger partial charge in [0.25, 0.3) is 5.56 Å². The number of benzene rings is 1. The summed E-state index contributed by atoms with van der Waals surface area (Å²) in [7, 11) is -2.66. The van der Waals surface area contributed by atoms with Gasteiger partial charge in [0.05, 0.1) is 13.2 Å². The molecule has 0 spiro atoms. The average Bonchev–Trinajstić information content (AvgIpc) is 3.36. The number of thiophene rings is 1. The van der Waals surface area contributed by atoms with E-state index in [0.717, 1.165) is 24.5 Å². The summed E-state index contributed by atoms with van der Waals surface area (Å²) in [6, 6.07) is 14.7. The van der Waals surface area contributed by atoms with E-state index >= 15 is 0 Å². The van der Waals surface area contributed by atoms with Gasteiger partial charge in [-0.3, -0.25) is 13.9 Å². The first-order valence-electron chi connectivity index (χ1n) is 9.63. The van der Waals surface area contributed by atoms with Crippen LogP contribution in [0.15, 0.2) is 64.3 Å². The molecule has 2 aromatic heterocycles. The number of aliphatic hydroxyl groups is 2. The number of hydrogen-bond donors (Lipinski definition) is 4. The molecule has 0 saturated carbocycles. The summed E-state index contributed by atoms with van der Waals surface area (Å²) >= 11 is 1.46. The summed E-state index contributed by atoms with van der Waals surface area (Å²) in [5.41, 5.74) is -0.197. The zero-order valence-corrected chi connectivity index (χ0v) is 18.3. The van der Waals surface area contributed by atoms with Crippen LogP contribution in [0, 0.1) is 0 Å². The molecule has 1 aliphatic heterocycles. The van der Waals surface area contributed by atoms with Gasteiger partial charge in [0.2, 0.25) is 0 Å². The van der Waals surface area contributed by atoms with E-state index in [2.05, 4.69) is 4.52 Å². The molecule has 0 bridgehead atoms. The molecular weight excluding hydrogens is 459 g/mol. The van der Waals surface area contributed by atoms with E-state index in [-0.39, 0.29) is 13.2 Å². The summed E-state index contributed by atoms with van der Waals surface area (Å²) in [5, 5.41) is 20.5. The van der Waals surface area contributed by atoms with Crippen LogP contribution < -0.4 is 11.2 Å². The van der Waals surface area contributed by atoms with Gasteiger partial charge in [0.1, 0.15) is 18.3 Å². The third kappa shape index (κ3) is 4.75. The zero-order chi connectivity index (χ0) is 22.8. The molecule has 1 fully saturated rings. The van der Waals surface area contributed by atoms with Crippen molar-refractivity contribution in [1.29, 1.82) is 0 Å². The number of nitrogens with zero attached hydrogens (tertiary/aromatic N) is 2. The first-order valence-corrected chi connectivity index (χ1v) is 11.6. The van der Waals surface area contributed by atoms with Gasteiger partial charge in [-0.1, -0.05) is 30.3 Å². The zero-order valence-electron chi connectivity index (χ0n) is 16.6. The van der Waals surface area contributed by atoms with Crippen LogP contribution in [0.3, 0.4) is 0 Å². The quantitative estimate of drug-likeness (QED) is 0.361. The lowest BCUT2D eigenvalue weighted by Gasteiger charge is -2.18. The molecule has 4 atom stereocenters. The summed E-state index contributed by atoms with van der Waals surface area (Å²) < 4.78 is 12.2. The normalized spacial score (nSPS) is 23.2. The maximum Gasteiger partial charge on any atom is 0.333 e. The van der Waals surface area contributed by atoms with Crippen LogP contribution in [-0.4, -0.2) is 54.1 Å². The smallest absolute Gasteiger partial charge is 0.333 e. The van der Waals surface area contributed by atoms with Gasteiger partial charge in [-0.15, -0.1) is 11.3 Å². The summed E-state index contributed by atoms with van der Waals surface area (Å²) in [5.74, 6) is 0. The van der Waals surface area contributed by atoms with Crippen LogP contribution in [0.2, 0.25) is 0 Å². The Morgan fingerprint density at radius 1 is 1.03 bits per heavy atom. The topological polar surface area (TPSA) is 143 Å². The Morgan fingerprint density at radius 3 is 2.50 bits per heavy atom. The predicted octanol–water partition coefficient (Wildman–Crippen LogP) is 0.634. The second-order valence-electron chi connectivity index (χ2n) is 7.16. The van der Waals surface area contributed by atoms with Crippen molar-refractivity contribution in [3.63, 3.8) is 0 Å². The first kappa shape index (κ1) is 23.0. The predicted molar refractivity (Wildman–Crippen MR) is 117 cm³/mol. The van der Waals surface area contributed by atoms with E-state index in [1.165, 1.54) is 23.6 Å². The molecule has 1 aliphatic rings. The number of aliphatic hydroxyl groups excluding tert-OH is 2. The standard InChI is InChI=1S/C20H21N2O8PS/c23-16-8-9-21(19-18(25)17(24)14(30-19)11-29-31(27)28)20(26)22(16)10-13-6-7-15(32-13)12-4-2-1-3-5-12/h1-9,14,17-19,24-25,27-28H,10-11H2. The molecule has 0 aliphatic carbocycles. The van der Waals surface area contributed by atoms with Crippen molar-refractivity contribution in [3.8, 4) is 10.4 Å². The van der Waals surface area contributed by atoms with Crippen molar-refractivity contribution in [3.05, 3.63) is 80.4 Å². The lowest BCUT2D eigenvalue weighted by molar-refractivity contribution is -0.0531. The second-order valence-corrected chi connectivity index (χ2v) is 9.09. The third-order valence-corrected chi connectivity index (χ3v) is 6.59. The van der Waals surface area contributed by atoms with Crippen molar-refractivity contribution in [2.75, 3.05) is 6.61 Å². The SMILES string of the molecule is O=c1ccn(C2OC(COP(O)O)C(O)C2O)c(=O)n1Cc1ccc(-c2ccccc2)s1. The van der Waals surface area contributed by atoms with E-state index in [1.54, 1.807) is 0 Å².